The Kier molecular flexibility index (Phi) is 8.29. The molecule has 27 heavy (non-hydrogen) atoms. The summed E-state index contributed by atoms with van der Waals surface area (Å²) in [6.07, 6.45) is -3.17. The number of amides is 2. The van der Waals surface area contributed by atoms with Crippen LogP contribution in [0.15, 0.2) is 0 Å². The van der Waals surface area contributed by atoms with E-state index >= 15 is 0 Å². The van der Waals surface area contributed by atoms with Crippen LogP contribution >= 0.6 is 11.8 Å². The SMILES string of the molecule is O=C1N[C@H]2[C@H](CS[C@H]2CCCCC(=O)O[C@H](C(=O)[C@@H](O)CO)[C@H](O)CO)N1. The second-order valence-corrected chi connectivity index (χ2v) is 7.90. The van der Waals surface area contributed by atoms with Gasteiger partial charge in [0.2, 0.25) is 5.78 Å². The van der Waals surface area contributed by atoms with Gasteiger partial charge in [-0.05, 0) is 12.8 Å². The largest absolute Gasteiger partial charge is 0.451 e. The summed E-state index contributed by atoms with van der Waals surface area (Å²) < 4.78 is 4.90. The van der Waals surface area contributed by atoms with Gasteiger partial charge >= 0.3 is 12.0 Å². The van der Waals surface area contributed by atoms with E-state index in [0.29, 0.717) is 12.8 Å². The van der Waals surface area contributed by atoms with E-state index in [2.05, 4.69) is 10.6 Å². The highest BCUT2D eigenvalue weighted by molar-refractivity contribution is 8.00. The van der Waals surface area contributed by atoms with Gasteiger partial charge in [0.1, 0.15) is 12.2 Å². The Morgan fingerprint density at radius 1 is 1.19 bits per heavy atom. The number of carbonyl (C=O) groups excluding carboxylic acids is 3. The maximum absolute atomic E-state index is 11.9. The number of urea groups is 1. The lowest BCUT2D eigenvalue weighted by molar-refractivity contribution is -0.167. The summed E-state index contributed by atoms with van der Waals surface area (Å²) in [5.74, 6) is -0.948. The quantitative estimate of drug-likeness (QED) is 0.128. The van der Waals surface area contributed by atoms with Crippen molar-refractivity contribution in [3.05, 3.63) is 0 Å². The zero-order valence-corrected chi connectivity index (χ0v) is 15.6. The van der Waals surface area contributed by atoms with Crippen LogP contribution in [0.25, 0.3) is 0 Å². The molecule has 11 heteroatoms. The van der Waals surface area contributed by atoms with Crippen LogP contribution in [0.5, 0.6) is 0 Å². The Balaban J connectivity index is 1.72. The first-order valence-corrected chi connectivity index (χ1v) is 9.92. The molecule has 10 nitrogen and oxygen atoms in total. The lowest BCUT2D eigenvalue weighted by Crippen LogP contribution is -2.46. The Hall–Kier alpha value is -1.40. The third kappa shape index (κ3) is 5.79. The predicted molar refractivity (Wildman–Crippen MR) is 95.0 cm³/mol. The molecular weight excluding hydrogens is 380 g/mol. The normalized spacial score (nSPS) is 27.3. The zero-order chi connectivity index (χ0) is 20.0. The van der Waals surface area contributed by atoms with Gasteiger partial charge in [-0.3, -0.25) is 9.59 Å². The summed E-state index contributed by atoms with van der Waals surface area (Å²) in [5.41, 5.74) is 0. The summed E-state index contributed by atoms with van der Waals surface area (Å²) in [7, 11) is 0. The number of fused-ring (bicyclic) bond motifs is 1. The van der Waals surface area contributed by atoms with E-state index in [-0.39, 0.29) is 29.8 Å². The molecule has 2 aliphatic rings. The first-order valence-electron chi connectivity index (χ1n) is 8.87. The van der Waals surface area contributed by atoms with Crippen LogP contribution in [0.3, 0.4) is 0 Å². The minimum absolute atomic E-state index is 0.00718. The number of hydrogen-bond acceptors (Lipinski definition) is 9. The van der Waals surface area contributed by atoms with Crippen LogP contribution in [-0.4, -0.2) is 92.8 Å². The lowest BCUT2D eigenvalue weighted by Gasteiger charge is -2.22. The zero-order valence-electron chi connectivity index (χ0n) is 14.7. The smallest absolute Gasteiger partial charge is 0.315 e. The standard InChI is InChI=1S/C16H26N2O8S/c19-5-9(21)14(24)15(10(22)6-20)26-12(23)4-2-1-3-11-13-8(7-27-11)17-16(25)18-13/h8-11,13,15,19-22H,1-7H2,(H2,17,18,25)/t8-,9-,10+,11-,13-,15-/m0/s1. The van der Waals surface area contributed by atoms with Crippen molar-refractivity contribution in [1.82, 2.24) is 10.6 Å². The Labute approximate surface area is 160 Å². The van der Waals surface area contributed by atoms with E-state index in [1.165, 1.54) is 0 Å². The summed E-state index contributed by atoms with van der Waals surface area (Å²) in [5, 5.41) is 42.8. The van der Waals surface area contributed by atoms with E-state index in [1.807, 2.05) is 0 Å². The summed E-state index contributed by atoms with van der Waals surface area (Å²) in [6, 6.07) is 0.0837. The molecule has 2 rings (SSSR count). The highest BCUT2D eigenvalue weighted by Crippen LogP contribution is 2.33. The van der Waals surface area contributed by atoms with Crippen molar-refractivity contribution >= 4 is 29.5 Å². The third-order valence-corrected chi connectivity index (χ3v) is 6.14. The van der Waals surface area contributed by atoms with Gasteiger partial charge in [-0.15, -0.1) is 0 Å². The fourth-order valence-electron chi connectivity index (χ4n) is 3.16. The summed E-state index contributed by atoms with van der Waals surface area (Å²) in [4.78, 5) is 35.1. The average Bonchev–Trinajstić information content (AvgIpc) is 3.20. The number of ether oxygens (including phenoxy) is 1. The van der Waals surface area contributed by atoms with E-state index < -0.39 is 43.3 Å². The van der Waals surface area contributed by atoms with Crippen LogP contribution < -0.4 is 10.6 Å². The van der Waals surface area contributed by atoms with Gasteiger partial charge in [-0.2, -0.15) is 11.8 Å². The van der Waals surface area contributed by atoms with Crippen molar-refractivity contribution in [1.29, 1.82) is 0 Å². The molecule has 6 atom stereocenters. The van der Waals surface area contributed by atoms with Gasteiger partial charge in [-0.25, -0.2) is 4.79 Å². The second-order valence-electron chi connectivity index (χ2n) is 6.63. The van der Waals surface area contributed by atoms with E-state index in [4.69, 9.17) is 14.9 Å². The average molecular weight is 406 g/mol. The number of nitrogens with one attached hydrogen (secondary N) is 2. The number of carbonyl (C=O) groups is 3. The molecule has 6 N–H and O–H groups in total. The molecule has 0 saturated carbocycles. The highest BCUT2D eigenvalue weighted by Gasteiger charge is 2.42. The van der Waals surface area contributed by atoms with Crippen molar-refractivity contribution in [3.8, 4) is 0 Å². The molecule has 0 radical (unpaired) electrons. The Bertz CT molecular complexity index is 549. The monoisotopic (exact) mass is 406 g/mol. The number of ketones is 1. The fourth-order valence-corrected chi connectivity index (χ4v) is 4.70. The van der Waals surface area contributed by atoms with Crippen LogP contribution in [0.1, 0.15) is 25.7 Å². The van der Waals surface area contributed by atoms with Crippen molar-refractivity contribution in [3.63, 3.8) is 0 Å². The number of aliphatic hydroxyl groups excluding tert-OH is 4. The van der Waals surface area contributed by atoms with Crippen molar-refractivity contribution < 1.29 is 39.5 Å². The molecule has 0 aromatic rings. The van der Waals surface area contributed by atoms with E-state index in [1.54, 1.807) is 11.8 Å². The molecule has 2 fully saturated rings. The first-order chi connectivity index (χ1) is 12.9. The highest BCUT2D eigenvalue weighted by atomic mass is 32.2. The van der Waals surface area contributed by atoms with Crippen LogP contribution in [0.2, 0.25) is 0 Å². The predicted octanol–water partition coefficient (Wildman–Crippen LogP) is -2.10. The Morgan fingerprint density at radius 2 is 1.93 bits per heavy atom. The number of thioether (sulfide) groups is 1. The number of rotatable bonds is 11. The molecule has 0 unspecified atom stereocenters. The minimum atomic E-state index is -1.80. The maximum Gasteiger partial charge on any atom is 0.315 e. The van der Waals surface area contributed by atoms with Gasteiger partial charge in [0.25, 0.3) is 0 Å². The summed E-state index contributed by atoms with van der Waals surface area (Å²) >= 11 is 1.77. The van der Waals surface area contributed by atoms with Gasteiger partial charge in [0, 0.05) is 17.4 Å². The minimum Gasteiger partial charge on any atom is -0.451 e. The van der Waals surface area contributed by atoms with Crippen LogP contribution in [-0.2, 0) is 14.3 Å². The molecule has 2 heterocycles. The van der Waals surface area contributed by atoms with Crippen LogP contribution in [0, 0.1) is 0 Å². The fraction of sp³-hybridized carbons (Fsp3) is 0.812. The third-order valence-electron chi connectivity index (χ3n) is 4.63. The molecule has 2 aliphatic heterocycles. The number of hydrogen-bond donors (Lipinski definition) is 6. The number of aliphatic hydroxyl groups is 4. The van der Waals surface area contributed by atoms with Gasteiger partial charge in [0.05, 0.1) is 25.3 Å². The molecule has 0 aromatic carbocycles. The Morgan fingerprint density at radius 3 is 2.59 bits per heavy atom. The number of unbranched alkanes of at least 4 members (excludes halogenated alkanes) is 1. The van der Waals surface area contributed by atoms with Crippen molar-refractivity contribution in [2.24, 2.45) is 0 Å². The van der Waals surface area contributed by atoms with E-state index in [0.717, 1.165) is 12.2 Å². The van der Waals surface area contributed by atoms with Crippen molar-refractivity contribution in [2.45, 2.75) is 61.3 Å². The number of esters is 1. The molecule has 0 aromatic heterocycles. The molecule has 154 valence electrons. The van der Waals surface area contributed by atoms with Crippen molar-refractivity contribution in [2.75, 3.05) is 19.0 Å². The van der Waals surface area contributed by atoms with Crippen LogP contribution in [0.4, 0.5) is 4.79 Å². The maximum atomic E-state index is 11.9. The first kappa shape index (κ1) is 21.9. The van der Waals surface area contributed by atoms with Gasteiger partial charge < -0.3 is 35.8 Å². The van der Waals surface area contributed by atoms with Gasteiger partial charge in [0.15, 0.2) is 6.10 Å². The molecular formula is C16H26N2O8S. The number of Topliss-reactive ketones (excluding diaryl/α,β-unsaturated/α-hetero) is 1. The summed E-state index contributed by atoms with van der Waals surface area (Å²) in [6.45, 7) is -1.71. The topological polar surface area (TPSA) is 165 Å². The lowest BCUT2D eigenvalue weighted by atomic mass is 10.0. The molecule has 0 spiro atoms. The molecule has 2 amide bonds. The molecule has 0 bridgehead atoms. The van der Waals surface area contributed by atoms with Gasteiger partial charge in [-0.1, -0.05) is 6.42 Å². The second kappa shape index (κ2) is 10.2. The molecule has 2 saturated heterocycles. The van der Waals surface area contributed by atoms with E-state index in [9.17, 15) is 24.6 Å². The molecule has 0 aliphatic carbocycles.